The zero-order chi connectivity index (χ0) is 35.5. The van der Waals surface area contributed by atoms with Crippen molar-refractivity contribution in [3.05, 3.63) is 155 Å². The summed E-state index contributed by atoms with van der Waals surface area (Å²) in [5.41, 5.74) is 4.36. The lowest BCUT2D eigenvalue weighted by Crippen LogP contribution is -2.30. The molecule has 5 aromatic carbocycles. The third-order valence-electron chi connectivity index (χ3n) is 7.82. The second kappa shape index (κ2) is 17.0. The molecule has 5 rings (SSSR count). The molecule has 0 saturated carbocycles. The van der Waals surface area contributed by atoms with Gasteiger partial charge in [-0.15, -0.1) is 11.8 Å². The van der Waals surface area contributed by atoms with Crippen molar-refractivity contribution in [2.75, 3.05) is 24.9 Å². The first-order valence-corrected chi connectivity index (χ1v) is 17.0. The lowest BCUT2D eigenvalue weighted by atomic mass is 10.0. The summed E-state index contributed by atoms with van der Waals surface area (Å²) < 4.78 is 10.8. The van der Waals surface area contributed by atoms with Crippen molar-refractivity contribution in [3.8, 4) is 11.5 Å². The van der Waals surface area contributed by atoms with Crippen molar-refractivity contribution in [1.29, 1.82) is 0 Å². The Balaban J connectivity index is 1.34. The molecule has 0 aliphatic heterocycles. The predicted molar refractivity (Wildman–Crippen MR) is 201 cm³/mol. The number of anilines is 2. The highest BCUT2D eigenvalue weighted by atomic mass is 32.2. The summed E-state index contributed by atoms with van der Waals surface area (Å²) in [5.74, 6) is 0.363. The molecule has 0 aromatic heterocycles. The average Bonchev–Trinajstić information content (AvgIpc) is 3.15. The second-order valence-corrected chi connectivity index (χ2v) is 12.8. The molecule has 0 radical (unpaired) electrons. The Morgan fingerprint density at radius 1 is 0.700 bits per heavy atom. The molecule has 0 heterocycles. The SMILES string of the molecule is COc1ccc(NC(=O)C(Sc2ccc(NC(=O)/C(=C/c3ccc(C(C)C)cc3)NC(=O)c3ccccc3)cc2)c2ccccc2)c(OC)c1. The molecule has 3 N–H and O–H groups in total. The van der Waals surface area contributed by atoms with Crippen LogP contribution >= 0.6 is 11.8 Å². The number of carbonyl (C=O) groups excluding carboxylic acids is 3. The van der Waals surface area contributed by atoms with E-state index in [0.29, 0.717) is 34.4 Å². The Labute approximate surface area is 296 Å². The third-order valence-corrected chi connectivity index (χ3v) is 9.08. The van der Waals surface area contributed by atoms with E-state index in [0.717, 1.165) is 16.0 Å². The highest BCUT2D eigenvalue weighted by Gasteiger charge is 2.24. The fourth-order valence-electron chi connectivity index (χ4n) is 5.04. The molecular weight excluding hydrogens is 647 g/mol. The van der Waals surface area contributed by atoms with Crippen molar-refractivity contribution in [2.24, 2.45) is 0 Å². The Kier molecular flexibility index (Phi) is 12.1. The van der Waals surface area contributed by atoms with Crippen LogP contribution in [-0.4, -0.2) is 31.9 Å². The molecule has 1 atom stereocenters. The topological polar surface area (TPSA) is 106 Å². The van der Waals surface area contributed by atoms with Crippen molar-refractivity contribution < 1.29 is 23.9 Å². The van der Waals surface area contributed by atoms with Gasteiger partial charge in [-0.1, -0.05) is 86.6 Å². The zero-order valence-corrected chi connectivity index (χ0v) is 29.1. The molecule has 50 heavy (non-hydrogen) atoms. The van der Waals surface area contributed by atoms with Crippen LogP contribution in [0.2, 0.25) is 0 Å². The Bertz CT molecular complexity index is 1940. The summed E-state index contributed by atoms with van der Waals surface area (Å²) in [4.78, 5) is 41.2. The van der Waals surface area contributed by atoms with E-state index in [9.17, 15) is 14.4 Å². The molecule has 5 aromatic rings. The van der Waals surface area contributed by atoms with Gasteiger partial charge in [-0.2, -0.15) is 0 Å². The van der Waals surface area contributed by atoms with Crippen LogP contribution in [0.4, 0.5) is 11.4 Å². The summed E-state index contributed by atoms with van der Waals surface area (Å²) in [6.45, 7) is 4.23. The predicted octanol–water partition coefficient (Wildman–Crippen LogP) is 8.71. The highest BCUT2D eigenvalue weighted by molar-refractivity contribution is 8.00. The second-order valence-electron chi connectivity index (χ2n) is 11.6. The molecule has 0 bridgehead atoms. The van der Waals surface area contributed by atoms with Gasteiger partial charge in [0.05, 0.1) is 19.9 Å². The number of ether oxygens (including phenoxy) is 2. The monoisotopic (exact) mass is 685 g/mol. The van der Waals surface area contributed by atoms with E-state index in [1.807, 2.05) is 72.8 Å². The van der Waals surface area contributed by atoms with E-state index >= 15 is 0 Å². The highest BCUT2D eigenvalue weighted by Crippen LogP contribution is 2.38. The molecule has 8 nitrogen and oxygen atoms in total. The van der Waals surface area contributed by atoms with Crippen molar-refractivity contribution in [1.82, 2.24) is 5.32 Å². The number of methoxy groups -OCH3 is 2. The van der Waals surface area contributed by atoms with E-state index in [1.165, 1.54) is 24.4 Å². The smallest absolute Gasteiger partial charge is 0.272 e. The number of amides is 3. The van der Waals surface area contributed by atoms with Gasteiger partial charge in [0.15, 0.2) is 0 Å². The third kappa shape index (κ3) is 9.42. The van der Waals surface area contributed by atoms with Gasteiger partial charge in [0.25, 0.3) is 11.8 Å². The molecule has 9 heteroatoms. The van der Waals surface area contributed by atoms with Crippen LogP contribution in [0.5, 0.6) is 11.5 Å². The Morgan fingerprint density at radius 2 is 1.36 bits per heavy atom. The van der Waals surface area contributed by atoms with Gasteiger partial charge >= 0.3 is 0 Å². The maximum atomic E-state index is 13.7. The number of rotatable bonds is 13. The van der Waals surface area contributed by atoms with Crippen LogP contribution in [0.15, 0.2) is 138 Å². The van der Waals surface area contributed by atoms with Gasteiger partial charge in [0.1, 0.15) is 22.4 Å². The molecule has 0 aliphatic rings. The first kappa shape index (κ1) is 35.5. The minimum Gasteiger partial charge on any atom is -0.497 e. The first-order valence-electron chi connectivity index (χ1n) is 16.1. The lowest BCUT2D eigenvalue weighted by molar-refractivity contribution is -0.116. The maximum Gasteiger partial charge on any atom is 0.272 e. The van der Waals surface area contributed by atoms with Gasteiger partial charge in [-0.25, -0.2) is 0 Å². The summed E-state index contributed by atoms with van der Waals surface area (Å²) >= 11 is 1.38. The number of carbonyl (C=O) groups is 3. The van der Waals surface area contributed by atoms with E-state index in [4.69, 9.17) is 9.47 Å². The summed E-state index contributed by atoms with van der Waals surface area (Å²) in [6.07, 6.45) is 1.66. The first-order chi connectivity index (χ1) is 24.2. The number of hydrogen-bond acceptors (Lipinski definition) is 6. The molecule has 0 spiro atoms. The Hall–Kier alpha value is -5.80. The van der Waals surface area contributed by atoms with E-state index < -0.39 is 17.1 Å². The summed E-state index contributed by atoms with van der Waals surface area (Å²) in [6, 6.07) is 38.5. The molecule has 0 fully saturated rings. The van der Waals surface area contributed by atoms with Crippen LogP contribution < -0.4 is 25.4 Å². The number of nitrogens with one attached hydrogen (secondary N) is 3. The molecule has 0 aliphatic carbocycles. The summed E-state index contributed by atoms with van der Waals surface area (Å²) in [5, 5.41) is 8.10. The largest absolute Gasteiger partial charge is 0.497 e. The van der Waals surface area contributed by atoms with Crippen molar-refractivity contribution in [2.45, 2.75) is 29.9 Å². The molecule has 254 valence electrons. The molecule has 1 unspecified atom stereocenters. The molecular formula is C41H39N3O5S. The number of hydrogen-bond donors (Lipinski definition) is 3. The van der Waals surface area contributed by atoms with Crippen LogP contribution in [0.1, 0.15) is 52.1 Å². The maximum absolute atomic E-state index is 13.7. The van der Waals surface area contributed by atoms with E-state index in [2.05, 4.69) is 29.8 Å². The molecule has 0 saturated heterocycles. The zero-order valence-electron chi connectivity index (χ0n) is 28.3. The quantitative estimate of drug-likeness (QED) is 0.0846. The number of thioether (sulfide) groups is 1. The summed E-state index contributed by atoms with van der Waals surface area (Å²) in [7, 11) is 3.10. The van der Waals surface area contributed by atoms with Gasteiger partial charge in [0, 0.05) is 22.2 Å². The lowest BCUT2D eigenvalue weighted by Gasteiger charge is -2.19. The fourth-order valence-corrected chi connectivity index (χ4v) is 6.06. The van der Waals surface area contributed by atoms with E-state index in [1.54, 1.807) is 67.8 Å². The number of benzene rings is 5. The average molecular weight is 686 g/mol. The Morgan fingerprint density at radius 3 is 1.98 bits per heavy atom. The standard InChI is InChI=1S/C41H39N3O5S/c1-27(2)29-17-15-28(16-18-29)25-36(44-39(45)31-13-9-6-10-14-31)40(46)42-32-19-22-34(23-20-32)50-38(30-11-7-5-8-12-30)41(47)43-35-24-21-33(48-3)26-37(35)49-4/h5-27,38H,1-4H3,(H,42,46)(H,43,47)(H,44,45)/b36-25-. The molecule has 3 amide bonds. The van der Waals surface area contributed by atoms with Gasteiger partial charge < -0.3 is 25.4 Å². The van der Waals surface area contributed by atoms with E-state index in [-0.39, 0.29) is 11.6 Å². The van der Waals surface area contributed by atoms with Gasteiger partial charge in [0.2, 0.25) is 5.91 Å². The van der Waals surface area contributed by atoms with Crippen LogP contribution in [-0.2, 0) is 9.59 Å². The minimum absolute atomic E-state index is 0.101. The van der Waals surface area contributed by atoms with Crippen LogP contribution in [0.25, 0.3) is 6.08 Å². The van der Waals surface area contributed by atoms with Gasteiger partial charge in [-0.05, 0) is 77.2 Å². The fraction of sp³-hybridized carbons (Fsp3) is 0.146. The van der Waals surface area contributed by atoms with Gasteiger partial charge in [-0.3, -0.25) is 14.4 Å². The van der Waals surface area contributed by atoms with Crippen LogP contribution in [0.3, 0.4) is 0 Å². The van der Waals surface area contributed by atoms with Crippen molar-refractivity contribution >= 4 is 46.9 Å². The van der Waals surface area contributed by atoms with Crippen molar-refractivity contribution in [3.63, 3.8) is 0 Å². The minimum atomic E-state index is -0.590. The van der Waals surface area contributed by atoms with Crippen LogP contribution in [0, 0.1) is 0 Å². The normalized spacial score (nSPS) is 11.7.